The Morgan fingerprint density at radius 2 is 2.67 bits per heavy atom. The molecule has 1 heterocycles. The van der Waals surface area contributed by atoms with Gasteiger partial charge in [0.1, 0.15) is 0 Å². The van der Waals surface area contributed by atoms with E-state index < -0.39 is 6.41 Å². The second kappa shape index (κ2) is 2.68. The lowest BCUT2D eigenvalue weighted by Gasteiger charge is -2.00. The highest BCUT2D eigenvalue weighted by Crippen LogP contribution is 2.00. The first-order valence-corrected chi connectivity index (χ1v) is 2.99. The van der Waals surface area contributed by atoms with Crippen LogP contribution in [0, 0.1) is 0 Å². The fourth-order valence-electron chi connectivity index (χ4n) is 0.637. The Hall–Kier alpha value is -0.770. The van der Waals surface area contributed by atoms with Crippen molar-refractivity contribution in [1.82, 2.24) is 5.43 Å². The maximum absolute atomic E-state index is 8.68. The normalized spacial score (nSPS) is 24.7. The summed E-state index contributed by atoms with van der Waals surface area (Å²) in [5.74, 6) is 0.588. The topological polar surface area (TPSA) is 53.9 Å². The maximum Gasteiger partial charge on any atom is 0.295 e. The van der Waals surface area contributed by atoms with Crippen LogP contribution < -0.4 is 5.43 Å². The second-order valence-electron chi connectivity index (χ2n) is 1.85. The summed E-state index contributed by atoms with van der Waals surface area (Å²) in [6, 6.07) is 0. The van der Waals surface area contributed by atoms with Gasteiger partial charge < -0.3 is 9.84 Å². The third-order valence-corrected chi connectivity index (χ3v) is 1.01. The van der Waals surface area contributed by atoms with Crippen LogP contribution in [0.4, 0.5) is 0 Å². The number of aliphatic hydroxyl groups excluding tert-OH is 1. The summed E-state index contributed by atoms with van der Waals surface area (Å²) in [7, 11) is 0. The predicted molar refractivity (Wildman–Crippen MR) is 32.6 cm³/mol. The molecule has 1 rings (SSSR count). The summed E-state index contributed by atoms with van der Waals surface area (Å²) in [5, 5.41) is 12.4. The van der Waals surface area contributed by atoms with Crippen molar-refractivity contribution in [2.45, 2.75) is 26.2 Å². The van der Waals surface area contributed by atoms with Crippen molar-refractivity contribution in [1.29, 1.82) is 0 Å². The molecule has 4 nitrogen and oxygen atoms in total. The van der Waals surface area contributed by atoms with Crippen LogP contribution in [0.1, 0.15) is 19.8 Å². The molecule has 1 unspecified atom stereocenters. The number of hydrazone groups is 1. The maximum atomic E-state index is 8.68. The van der Waals surface area contributed by atoms with E-state index in [0.29, 0.717) is 5.90 Å². The molecule has 0 fully saturated rings. The summed E-state index contributed by atoms with van der Waals surface area (Å²) in [6.07, 6.45) is 0.837. The van der Waals surface area contributed by atoms with Gasteiger partial charge in [0.15, 0.2) is 0 Å². The van der Waals surface area contributed by atoms with Crippen LogP contribution in [-0.4, -0.2) is 17.4 Å². The summed E-state index contributed by atoms with van der Waals surface area (Å²) in [4.78, 5) is 0. The quantitative estimate of drug-likeness (QED) is 0.553. The zero-order chi connectivity index (χ0) is 6.69. The van der Waals surface area contributed by atoms with Gasteiger partial charge in [-0.25, -0.2) is 5.43 Å². The minimum absolute atomic E-state index is 0.588. The van der Waals surface area contributed by atoms with Crippen LogP contribution in [0.5, 0.6) is 0 Å². The number of ether oxygens (including phenoxy) is 1. The third kappa shape index (κ3) is 1.57. The monoisotopic (exact) mass is 130 g/mol. The Balaban J connectivity index is 2.27. The summed E-state index contributed by atoms with van der Waals surface area (Å²) in [5.41, 5.74) is 2.38. The fourth-order valence-corrected chi connectivity index (χ4v) is 0.637. The van der Waals surface area contributed by atoms with E-state index in [1.54, 1.807) is 0 Å². The van der Waals surface area contributed by atoms with Crippen LogP contribution in [0.2, 0.25) is 0 Å². The van der Waals surface area contributed by atoms with Gasteiger partial charge in [0.2, 0.25) is 5.90 Å². The van der Waals surface area contributed by atoms with Crippen molar-refractivity contribution in [3.05, 3.63) is 0 Å². The van der Waals surface area contributed by atoms with Crippen LogP contribution in [-0.2, 0) is 4.74 Å². The van der Waals surface area contributed by atoms with Gasteiger partial charge in [-0.15, -0.1) is 5.10 Å². The van der Waals surface area contributed by atoms with Gasteiger partial charge in [-0.2, -0.15) is 0 Å². The second-order valence-corrected chi connectivity index (χ2v) is 1.85. The number of nitrogens with zero attached hydrogens (tertiary/aromatic N) is 1. The molecule has 52 valence electrons. The number of hydrogen-bond acceptors (Lipinski definition) is 4. The molecule has 0 aliphatic carbocycles. The molecule has 0 saturated carbocycles. The molecule has 0 bridgehead atoms. The van der Waals surface area contributed by atoms with Gasteiger partial charge in [-0.05, 0) is 6.42 Å². The average Bonchev–Trinajstić information content (AvgIpc) is 2.17. The van der Waals surface area contributed by atoms with Crippen molar-refractivity contribution in [3.8, 4) is 0 Å². The minimum Gasteiger partial charge on any atom is -0.431 e. The average molecular weight is 130 g/mol. The molecule has 0 spiro atoms. The Kier molecular flexibility index (Phi) is 1.89. The summed E-state index contributed by atoms with van der Waals surface area (Å²) < 4.78 is 4.80. The number of hydrogen-bond donors (Lipinski definition) is 2. The van der Waals surface area contributed by atoms with Crippen LogP contribution in [0.25, 0.3) is 0 Å². The zero-order valence-corrected chi connectivity index (χ0v) is 5.29. The SMILES string of the molecule is CCCC1=NNC(O)O1. The highest BCUT2D eigenvalue weighted by Gasteiger charge is 2.13. The molecule has 0 aromatic rings. The first-order valence-electron chi connectivity index (χ1n) is 2.99. The molecule has 4 heteroatoms. The van der Waals surface area contributed by atoms with Crippen molar-refractivity contribution < 1.29 is 9.84 Å². The lowest BCUT2D eigenvalue weighted by atomic mass is 10.3. The Morgan fingerprint density at radius 3 is 3.11 bits per heavy atom. The molecule has 0 radical (unpaired) electrons. The van der Waals surface area contributed by atoms with E-state index in [-0.39, 0.29) is 0 Å². The fraction of sp³-hybridized carbons (Fsp3) is 0.800. The zero-order valence-electron chi connectivity index (χ0n) is 5.29. The molecule has 1 aliphatic rings. The standard InChI is InChI=1S/C5H10N2O2/c1-2-3-4-6-7-5(8)9-4/h5,7-8H,2-3H2,1H3. The molecule has 0 aromatic carbocycles. The molecule has 0 aromatic heterocycles. The largest absolute Gasteiger partial charge is 0.431 e. The minimum atomic E-state index is -0.924. The van der Waals surface area contributed by atoms with Crippen molar-refractivity contribution in [3.63, 3.8) is 0 Å². The van der Waals surface area contributed by atoms with Gasteiger partial charge in [-0.3, -0.25) is 0 Å². The van der Waals surface area contributed by atoms with Crippen LogP contribution >= 0.6 is 0 Å². The Labute approximate surface area is 53.5 Å². The number of aliphatic hydroxyl groups is 1. The van der Waals surface area contributed by atoms with E-state index in [1.165, 1.54) is 0 Å². The molecule has 1 aliphatic heterocycles. The highest BCUT2D eigenvalue weighted by atomic mass is 16.6. The smallest absolute Gasteiger partial charge is 0.295 e. The van der Waals surface area contributed by atoms with Gasteiger partial charge >= 0.3 is 0 Å². The Morgan fingerprint density at radius 1 is 1.89 bits per heavy atom. The van der Waals surface area contributed by atoms with Crippen molar-refractivity contribution in [2.24, 2.45) is 5.10 Å². The molecule has 9 heavy (non-hydrogen) atoms. The number of nitrogens with one attached hydrogen (secondary N) is 1. The molecule has 0 saturated heterocycles. The molecule has 1 atom stereocenters. The molecular formula is C5H10N2O2. The highest BCUT2D eigenvalue weighted by molar-refractivity contribution is 5.76. The summed E-state index contributed by atoms with van der Waals surface area (Å²) in [6.45, 7) is 2.02. The molecular weight excluding hydrogens is 120 g/mol. The van der Waals surface area contributed by atoms with Crippen LogP contribution in [0.3, 0.4) is 0 Å². The van der Waals surface area contributed by atoms with Gasteiger partial charge in [0.05, 0.1) is 0 Å². The lowest BCUT2D eigenvalue weighted by molar-refractivity contribution is -0.0348. The third-order valence-electron chi connectivity index (χ3n) is 1.01. The molecule has 2 N–H and O–H groups in total. The van der Waals surface area contributed by atoms with E-state index in [4.69, 9.17) is 9.84 Å². The number of rotatable bonds is 2. The van der Waals surface area contributed by atoms with Gasteiger partial charge in [0.25, 0.3) is 6.41 Å². The first-order chi connectivity index (χ1) is 4.33. The Bertz CT molecular complexity index is 124. The molecule has 0 amide bonds. The van der Waals surface area contributed by atoms with E-state index in [2.05, 4.69) is 10.5 Å². The van der Waals surface area contributed by atoms with Gasteiger partial charge in [-0.1, -0.05) is 6.92 Å². The lowest BCUT2D eigenvalue weighted by Crippen LogP contribution is -2.20. The van der Waals surface area contributed by atoms with E-state index >= 15 is 0 Å². The first kappa shape index (κ1) is 6.35. The van der Waals surface area contributed by atoms with Crippen LogP contribution in [0.15, 0.2) is 5.10 Å². The van der Waals surface area contributed by atoms with Crippen molar-refractivity contribution in [2.75, 3.05) is 0 Å². The van der Waals surface area contributed by atoms with E-state index in [9.17, 15) is 0 Å². The van der Waals surface area contributed by atoms with E-state index in [0.717, 1.165) is 12.8 Å². The van der Waals surface area contributed by atoms with E-state index in [1.807, 2.05) is 6.92 Å². The predicted octanol–water partition coefficient (Wildman–Crippen LogP) is -0.00430. The summed E-state index contributed by atoms with van der Waals surface area (Å²) >= 11 is 0. The van der Waals surface area contributed by atoms with Gasteiger partial charge in [0, 0.05) is 6.42 Å². The van der Waals surface area contributed by atoms with Crippen molar-refractivity contribution >= 4 is 5.90 Å².